The van der Waals surface area contributed by atoms with E-state index in [1.54, 1.807) is 7.11 Å². The van der Waals surface area contributed by atoms with Crippen molar-refractivity contribution in [3.63, 3.8) is 0 Å². The molecule has 0 spiro atoms. The molecule has 0 heterocycles. The highest BCUT2D eigenvalue weighted by atomic mass is 16.5. The molecule has 0 saturated carbocycles. The van der Waals surface area contributed by atoms with Gasteiger partial charge in [-0.2, -0.15) is 0 Å². The van der Waals surface area contributed by atoms with E-state index in [4.69, 9.17) is 19.9 Å². The van der Waals surface area contributed by atoms with Crippen molar-refractivity contribution in [2.75, 3.05) is 12.8 Å². The zero-order valence-corrected chi connectivity index (χ0v) is 12.6. The molecule has 0 bridgehead atoms. The molecule has 0 aliphatic heterocycles. The van der Waals surface area contributed by atoms with Crippen molar-refractivity contribution in [2.24, 2.45) is 0 Å². The summed E-state index contributed by atoms with van der Waals surface area (Å²) < 4.78 is 16.6. The predicted octanol–water partition coefficient (Wildman–Crippen LogP) is 3.64. The zero-order chi connectivity index (χ0) is 15.2. The number of hydrogen-bond acceptors (Lipinski definition) is 4. The van der Waals surface area contributed by atoms with E-state index >= 15 is 0 Å². The second kappa shape index (κ2) is 6.88. The van der Waals surface area contributed by atoms with Gasteiger partial charge in [0.1, 0.15) is 29.5 Å². The van der Waals surface area contributed by atoms with Crippen LogP contribution in [0.15, 0.2) is 42.5 Å². The van der Waals surface area contributed by atoms with Crippen molar-refractivity contribution in [2.45, 2.75) is 26.6 Å². The molecular formula is C17H21NO3. The average molecular weight is 287 g/mol. The lowest BCUT2D eigenvalue weighted by Gasteiger charge is -2.15. The van der Waals surface area contributed by atoms with Crippen LogP contribution >= 0.6 is 0 Å². The van der Waals surface area contributed by atoms with Crippen LogP contribution in [-0.4, -0.2) is 13.2 Å². The van der Waals surface area contributed by atoms with E-state index in [-0.39, 0.29) is 6.10 Å². The smallest absolute Gasteiger partial charge is 0.146 e. The van der Waals surface area contributed by atoms with E-state index in [0.29, 0.717) is 23.8 Å². The Labute approximate surface area is 125 Å². The highest BCUT2D eigenvalue weighted by Gasteiger charge is 2.09. The SMILES string of the molecule is COc1cccc(COc2cccc(OC(C)C)c2N)c1. The summed E-state index contributed by atoms with van der Waals surface area (Å²) >= 11 is 0. The Morgan fingerprint density at radius 2 is 1.76 bits per heavy atom. The number of para-hydroxylation sites is 1. The van der Waals surface area contributed by atoms with Crippen LogP contribution in [-0.2, 0) is 6.61 Å². The molecular weight excluding hydrogens is 266 g/mol. The van der Waals surface area contributed by atoms with Gasteiger partial charge in [-0.15, -0.1) is 0 Å². The van der Waals surface area contributed by atoms with Crippen LogP contribution in [0.1, 0.15) is 19.4 Å². The molecule has 21 heavy (non-hydrogen) atoms. The molecule has 2 aromatic carbocycles. The van der Waals surface area contributed by atoms with Gasteiger partial charge in [-0.1, -0.05) is 18.2 Å². The van der Waals surface area contributed by atoms with Crippen molar-refractivity contribution >= 4 is 5.69 Å². The van der Waals surface area contributed by atoms with E-state index in [1.807, 2.05) is 56.3 Å². The van der Waals surface area contributed by atoms with Gasteiger partial charge in [-0.3, -0.25) is 0 Å². The number of hydrogen-bond donors (Lipinski definition) is 1. The third-order valence-corrected chi connectivity index (χ3v) is 2.92. The predicted molar refractivity (Wildman–Crippen MR) is 83.9 cm³/mol. The van der Waals surface area contributed by atoms with Crippen molar-refractivity contribution in [3.05, 3.63) is 48.0 Å². The molecule has 0 unspecified atom stereocenters. The first kappa shape index (κ1) is 15.0. The van der Waals surface area contributed by atoms with Gasteiger partial charge in [0, 0.05) is 0 Å². The first-order valence-corrected chi connectivity index (χ1v) is 6.91. The molecule has 2 rings (SSSR count). The number of benzene rings is 2. The van der Waals surface area contributed by atoms with Crippen LogP contribution in [0.4, 0.5) is 5.69 Å². The van der Waals surface area contributed by atoms with Gasteiger partial charge in [-0.05, 0) is 43.7 Å². The van der Waals surface area contributed by atoms with Crippen LogP contribution in [0.25, 0.3) is 0 Å². The molecule has 0 saturated heterocycles. The third-order valence-electron chi connectivity index (χ3n) is 2.92. The molecule has 0 atom stereocenters. The number of rotatable bonds is 6. The average Bonchev–Trinajstić information content (AvgIpc) is 2.48. The summed E-state index contributed by atoms with van der Waals surface area (Å²) in [6, 6.07) is 13.3. The summed E-state index contributed by atoms with van der Waals surface area (Å²) in [5.74, 6) is 2.07. The van der Waals surface area contributed by atoms with Crippen LogP contribution in [0.2, 0.25) is 0 Å². The molecule has 0 aliphatic carbocycles. The van der Waals surface area contributed by atoms with Gasteiger partial charge in [0.2, 0.25) is 0 Å². The Bertz CT molecular complexity index is 596. The molecule has 0 fully saturated rings. The quantitative estimate of drug-likeness (QED) is 0.824. The fraction of sp³-hybridized carbons (Fsp3) is 0.294. The molecule has 2 N–H and O–H groups in total. The molecule has 112 valence electrons. The number of nitrogen functional groups attached to an aromatic ring is 1. The fourth-order valence-electron chi connectivity index (χ4n) is 1.93. The minimum Gasteiger partial charge on any atom is -0.497 e. The van der Waals surface area contributed by atoms with Gasteiger partial charge in [0.25, 0.3) is 0 Å². The van der Waals surface area contributed by atoms with Crippen molar-refractivity contribution in [1.82, 2.24) is 0 Å². The zero-order valence-electron chi connectivity index (χ0n) is 12.6. The molecule has 4 nitrogen and oxygen atoms in total. The molecule has 0 amide bonds. The molecule has 2 aromatic rings. The Morgan fingerprint density at radius 1 is 1.05 bits per heavy atom. The molecule has 0 aromatic heterocycles. The minimum absolute atomic E-state index is 0.0703. The highest BCUT2D eigenvalue weighted by molar-refractivity contribution is 5.62. The highest BCUT2D eigenvalue weighted by Crippen LogP contribution is 2.32. The van der Waals surface area contributed by atoms with Crippen LogP contribution in [0.3, 0.4) is 0 Å². The van der Waals surface area contributed by atoms with Crippen molar-refractivity contribution in [1.29, 1.82) is 0 Å². The molecule has 0 radical (unpaired) electrons. The normalized spacial score (nSPS) is 10.5. The largest absolute Gasteiger partial charge is 0.497 e. The van der Waals surface area contributed by atoms with E-state index in [2.05, 4.69) is 0 Å². The summed E-state index contributed by atoms with van der Waals surface area (Å²) in [6.45, 7) is 4.35. The van der Waals surface area contributed by atoms with E-state index in [9.17, 15) is 0 Å². The second-order valence-electron chi connectivity index (χ2n) is 4.97. The third kappa shape index (κ3) is 4.05. The van der Waals surface area contributed by atoms with Crippen LogP contribution < -0.4 is 19.9 Å². The Hall–Kier alpha value is -2.36. The number of methoxy groups -OCH3 is 1. The Morgan fingerprint density at radius 3 is 2.48 bits per heavy atom. The fourth-order valence-corrected chi connectivity index (χ4v) is 1.93. The first-order chi connectivity index (χ1) is 10.1. The van der Waals surface area contributed by atoms with Gasteiger partial charge in [0.05, 0.1) is 13.2 Å². The lowest BCUT2D eigenvalue weighted by molar-refractivity contribution is 0.241. The van der Waals surface area contributed by atoms with Gasteiger partial charge < -0.3 is 19.9 Å². The number of nitrogens with two attached hydrogens (primary N) is 1. The van der Waals surface area contributed by atoms with Crippen LogP contribution in [0.5, 0.6) is 17.2 Å². The van der Waals surface area contributed by atoms with E-state index in [0.717, 1.165) is 11.3 Å². The first-order valence-electron chi connectivity index (χ1n) is 6.91. The maximum atomic E-state index is 6.08. The standard InChI is InChI=1S/C17H21NO3/c1-12(2)21-16-9-5-8-15(17(16)18)20-11-13-6-4-7-14(10-13)19-3/h4-10,12H,11,18H2,1-3H3. The number of anilines is 1. The monoisotopic (exact) mass is 287 g/mol. The van der Waals surface area contributed by atoms with Gasteiger partial charge in [-0.25, -0.2) is 0 Å². The van der Waals surface area contributed by atoms with Crippen molar-refractivity contribution in [3.8, 4) is 17.2 Å². The van der Waals surface area contributed by atoms with Gasteiger partial charge in [0.15, 0.2) is 0 Å². The lowest BCUT2D eigenvalue weighted by Crippen LogP contribution is -2.08. The van der Waals surface area contributed by atoms with Crippen molar-refractivity contribution < 1.29 is 14.2 Å². The maximum Gasteiger partial charge on any atom is 0.146 e. The minimum atomic E-state index is 0.0703. The lowest BCUT2D eigenvalue weighted by atomic mass is 10.2. The maximum absolute atomic E-state index is 6.08. The summed E-state index contributed by atoms with van der Waals surface area (Å²) in [6.07, 6.45) is 0.0703. The van der Waals surface area contributed by atoms with Crippen LogP contribution in [0, 0.1) is 0 Å². The van der Waals surface area contributed by atoms with E-state index < -0.39 is 0 Å². The number of ether oxygens (including phenoxy) is 3. The Balaban J connectivity index is 2.09. The summed E-state index contributed by atoms with van der Waals surface area (Å²) in [4.78, 5) is 0. The van der Waals surface area contributed by atoms with Gasteiger partial charge >= 0.3 is 0 Å². The molecule has 0 aliphatic rings. The topological polar surface area (TPSA) is 53.7 Å². The second-order valence-corrected chi connectivity index (χ2v) is 4.97. The summed E-state index contributed by atoms with van der Waals surface area (Å²) in [5, 5.41) is 0. The summed E-state index contributed by atoms with van der Waals surface area (Å²) in [5.41, 5.74) is 7.62. The Kier molecular flexibility index (Phi) is 4.93. The van der Waals surface area contributed by atoms with E-state index in [1.165, 1.54) is 0 Å². The molecule has 4 heteroatoms. The summed E-state index contributed by atoms with van der Waals surface area (Å²) in [7, 11) is 1.64.